The van der Waals surface area contributed by atoms with Gasteiger partial charge in [-0.2, -0.15) is 0 Å². The van der Waals surface area contributed by atoms with Crippen LogP contribution in [0, 0.1) is 17.7 Å². The van der Waals surface area contributed by atoms with E-state index in [0.29, 0.717) is 36.9 Å². The Labute approximate surface area is 173 Å². The zero-order valence-electron chi connectivity index (χ0n) is 17.7. The molecule has 2 fully saturated rings. The monoisotopic (exact) mass is 403 g/mol. The topological polar surface area (TPSA) is 52.7 Å². The summed E-state index contributed by atoms with van der Waals surface area (Å²) in [6.45, 7) is 7.12. The number of nitrogens with one attached hydrogen (secondary N) is 1. The summed E-state index contributed by atoms with van der Waals surface area (Å²) < 4.78 is 13.9. The van der Waals surface area contributed by atoms with Crippen molar-refractivity contribution in [2.45, 2.75) is 58.5 Å². The summed E-state index contributed by atoms with van der Waals surface area (Å²) in [6.07, 6.45) is 5.02. The fourth-order valence-electron chi connectivity index (χ4n) is 4.61. The lowest BCUT2D eigenvalue weighted by Crippen LogP contribution is -2.58. The molecule has 160 valence electrons. The molecule has 0 radical (unpaired) electrons. The predicted molar refractivity (Wildman–Crippen MR) is 112 cm³/mol. The molecule has 0 bridgehead atoms. The van der Waals surface area contributed by atoms with Crippen LogP contribution in [0.2, 0.25) is 0 Å². The molecule has 6 heteroatoms. The van der Waals surface area contributed by atoms with Crippen LogP contribution >= 0.6 is 0 Å². The van der Waals surface area contributed by atoms with E-state index >= 15 is 0 Å². The van der Waals surface area contributed by atoms with E-state index in [-0.39, 0.29) is 30.2 Å². The second-order valence-electron chi connectivity index (χ2n) is 8.81. The Morgan fingerprint density at radius 3 is 2.38 bits per heavy atom. The Balaban J connectivity index is 1.61. The zero-order valence-corrected chi connectivity index (χ0v) is 17.7. The third kappa shape index (κ3) is 5.78. The molecule has 1 aromatic carbocycles. The van der Waals surface area contributed by atoms with Gasteiger partial charge in [-0.05, 0) is 30.7 Å². The number of rotatable bonds is 7. The fourth-order valence-corrected chi connectivity index (χ4v) is 4.61. The standard InChI is InChI=1S/C23H34FN3O2/c1-17(2)15-21(28)26-11-13-27(14-12-26)22(18-7-3-4-8-18)23(29)25-16-19-9-5-6-10-20(19)24/h5-6,9-10,17-18,22H,3-4,7-8,11-16H2,1-2H3,(H,25,29)/t22-/m0/s1. The lowest BCUT2D eigenvalue weighted by molar-refractivity contribution is -0.136. The predicted octanol–water partition coefficient (Wildman–Crippen LogP) is 3.19. The van der Waals surface area contributed by atoms with Crippen LogP contribution in [0.25, 0.3) is 0 Å². The van der Waals surface area contributed by atoms with E-state index in [4.69, 9.17) is 0 Å². The van der Waals surface area contributed by atoms with Gasteiger partial charge in [-0.1, -0.05) is 44.9 Å². The van der Waals surface area contributed by atoms with Gasteiger partial charge in [0.15, 0.2) is 0 Å². The van der Waals surface area contributed by atoms with Gasteiger partial charge in [0.25, 0.3) is 0 Å². The number of carbonyl (C=O) groups is 2. The molecule has 0 spiro atoms. The molecule has 1 aliphatic heterocycles. The first-order chi connectivity index (χ1) is 14.0. The van der Waals surface area contributed by atoms with Crippen molar-refractivity contribution in [2.24, 2.45) is 11.8 Å². The van der Waals surface area contributed by atoms with Crippen molar-refractivity contribution in [1.82, 2.24) is 15.1 Å². The molecular formula is C23H34FN3O2. The number of halogens is 1. The molecule has 1 atom stereocenters. The van der Waals surface area contributed by atoms with Crippen LogP contribution in [0.3, 0.4) is 0 Å². The average Bonchev–Trinajstić information content (AvgIpc) is 3.22. The summed E-state index contributed by atoms with van der Waals surface area (Å²) in [7, 11) is 0. The molecule has 29 heavy (non-hydrogen) atoms. The molecule has 3 rings (SSSR count). The van der Waals surface area contributed by atoms with Crippen molar-refractivity contribution >= 4 is 11.8 Å². The van der Waals surface area contributed by atoms with Gasteiger partial charge in [-0.3, -0.25) is 14.5 Å². The smallest absolute Gasteiger partial charge is 0.237 e. The Kier molecular flexibility index (Phi) is 7.64. The van der Waals surface area contributed by atoms with Crippen molar-refractivity contribution in [3.8, 4) is 0 Å². The Morgan fingerprint density at radius 2 is 1.76 bits per heavy atom. The highest BCUT2D eigenvalue weighted by Gasteiger charge is 2.37. The summed E-state index contributed by atoms with van der Waals surface area (Å²) in [4.78, 5) is 29.7. The third-order valence-electron chi connectivity index (χ3n) is 6.17. The van der Waals surface area contributed by atoms with E-state index in [1.54, 1.807) is 18.2 Å². The van der Waals surface area contributed by atoms with Crippen LogP contribution in [0.15, 0.2) is 24.3 Å². The second-order valence-corrected chi connectivity index (χ2v) is 8.81. The minimum atomic E-state index is -0.289. The third-order valence-corrected chi connectivity index (χ3v) is 6.17. The summed E-state index contributed by atoms with van der Waals surface area (Å²) >= 11 is 0. The van der Waals surface area contributed by atoms with Gasteiger partial charge in [0.05, 0.1) is 6.04 Å². The Hall–Kier alpha value is -1.95. The first kappa shape index (κ1) is 21.8. The molecule has 1 heterocycles. The summed E-state index contributed by atoms with van der Waals surface area (Å²) in [5.41, 5.74) is 0.509. The average molecular weight is 404 g/mol. The minimum Gasteiger partial charge on any atom is -0.351 e. The van der Waals surface area contributed by atoms with Crippen molar-refractivity contribution in [3.63, 3.8) is 0 Å². The second kappa shape index (κ2) is 10.2. The molecule has 1 aliphatic carbocycles. The maximum absolute atomic E-state index is 13.9. The lowest BCUT2D eigenvalue weighted by Gasteiger charge is -2.41. The molecular weight excluding hydrogens is 369 g/mol. The summed E-state index contributed by atoms with van der Waals surface area (Å²) in [5.74, 6) is 0.607. The van der Waals surface area contributed by atoms with E-state index in [9.17, 15) is 14.0 Å². The maximum Gasteiger partial charge on any atom is 0.237 e. The molecule has 1 N–H and O–H groups in total. The van der Waals surface area contributed by atoms with Gasteiger partial charge in [-0.15, -0.1) is 0 Å². The van der Waals surface area contributed by atoms with Crippen LogP contribution < -0.4 is 5.32 Å². The van der Waals surface area contributed by atoms with Crippen LogP contribution in [-0.2, 0) is 16.1 Å². The van der Waals surface area contributed by atoms with Gasteiger partial charge in [0.1, 0.15) is 5.82 Å². The molecule has 5 nitrogen and oxygen atoms in total. The Morgan fingerprint density at radius 1 is 1.10 bits per heavy atom. The highest BCUT2D eigenvalue weighted by Crippen LogP contribution is 2.31. The Bertz CT molecular complexity index is 695. The van der Waals surface area contributed by atoms with Crippen LogP contribution in [0.4, 0.5) is 4.39 Å². The number of benzene rings is 1. The molecule has 0 aromatic heterocycles. The number of hydrogen-bond acceptors (Lipinski definition) is 3. The highest BCUT2D eigenvalue weighted by atomic mass is 19.1. The van der Waals surface area contributed by atoms with E-state index in [1.165, 1.54) is 6.07 Å². The fraction of sp³-hybridized carbons (Fsp3) is 0.652. The van der Waals surface area contributed by atoms with Crippen molar-refractivity contribution < 1.29 is 14.0 Å². The summed E-state index contributed by atoms with van der Waals surface area (Å²) in [6, 6.07) is 6.38. The minimum absolute atomic E-state index is 0.0119. The highest BCUT2D eigenvalue weighted by molar-refractivity contribution is 5.82. The molecule has 0 unspecified atom stereocenters. The van der Waals surface area contributed by atoms with Gasteiger partial charge in [0, 0.05) is 44.7 Å². The van der Waals surface area contributed by atoms with Crippen LogP contribution in [-0.4, -0.2) is 53.8 Å². The number of amides is 2. The number of carbonyl (C=O) groups excluding carboxylic acids is 2. The largest absolute Gasteiger partial charge is 0.351 e. The van der Waals surface area contributed by atoms with Crippen molar-refractivity contribution in [2.75, 3.05) is 26.2 Å². The normalized spacial score (nSPS) is 19.5. The number of nitrogens with zero attached hydrogens (tertiary/aromatic N) is 2. The van der Waals surface area contributed by atoms with Gasteiger partial charge in [0.2, 0.25) is 11.8 Å². The van der Waals surface area contributed by atoms with Gasteiger partial charge < -0.3 is 10.2 Å². The first-order valence-electron chi connectivity index (χ1n) is 11.0. The SMILES string of the molecule is CC(C)CC(=O)N1CCN([C@H](C(=O)NCc2ccccc2F)C2CCCC2)CC1. The molecule has 1 saturated heterocycles. The first-order valence-corrected chi connectivity index (χ1v) is 11.0. The quantitative estimate of drug-likeness (QED) is 0.761. The van der Waals surface area contributed by atoms with E-state index in [1.807, 2.05) is 4.90 Å². The van der Waals surface area contributed by atoms with Gasteiger partial charge in [-0.25, -0.2) is 4.39 Å². The molecule has 2 amide bonds. The zero-order chi connectivity index (χ0) is 20.8. The maximum atomic E-state index is 13.9. The molecule has 1 saturated carbocycles. The van der Waals surface area contributed by atoms with E-state index in [2.05, 4.69) is 24.1 Å². The molecule has 1 aromatic rings. The van der Waals surface area contributed by atoms with Crippen LogP contribution in [0.1, 0.15) is 51.5 Å². The number of hydrogen-bond donors (Lipinski definition) is 1. The van der Waals surface area contributed by atoms with E-state index < -0.39 is 0 Å². The van der Waals surface area contributed by atoms with Crippen molar-refractivity contribution in [3.05, 3.63) is 35.6 Å². The van der Waals surface area contributed by atoms with E-state index in [0.717, 1.165) is 38.8 Å². The van der Waals surface area contributed by atoms with Crippen molar-refractivity contribution in [1.29, 1.82) is 0 Å². The number of piperazine rings is 1. The lowest BCUT2D eigenvalue weighted by atomic mass is 9.94. The van der Waals surface area contributed by atoms with Gasteiger partial charge >= 0.3 is 0 Å². The molecule has 2 aliphatic rings. The summed E-state index contributed by atoms with van der Waals surface area (Å²) in [5, 5.41) is 2.97. The van der Waals surface area contributed by atoms with Crippen LogP contribution in [0.5, 0.6) is 0 Å².